The molecule has 170 valence electrons. The van der Waals surface area contributed by atoms with Gasteiger partial charge in [0.1, 0.15) is 5.69 Å². The summed E-state index contributed by atoms with van der Waals surface area (Å²) >= 11 is 1.49. The van der Waals surface area contributed by atoms with E-state index in [0.29, 0.717) is 19.1 Å². The minimum absolute atomic E-state index is 0.0553. The second kappa shape index (κ2) is 10.3. The quantitative estimate of drug-likeness (QED) is 0.482. The number of rotatable bonds is 8. The van der Waals surface area contributed by atoms with Crippen molar-refractivity contribution in [3.63, 3.8) is 0 Å². The molecule has 0 aliphatic carbocycles. The maximum Gasteiger partial charge on any atom is 0.264 e. The molecule has 6 nitrogen and oxygen atoms in total. The zero-order valence-electron chi connectivity index (χ0n) is 19.2. The number of carbonyl (C=O) groups excluding carboxylic acids is 1. The van der Waals surface area contributed by atoms with Crippen molar-refractivity contribution < 1.29 is 9.32 Å². The highest BCUT2D eigenvalue weighted by molar-refractivity contribution is 7.12. The van der Waals surface area contributed by atoms with Crippen LogP contribution in [0.3, 0.4) is 0 Å². The summed E-state index contributed by atoms with van der Waals surface area (Å²) in [5.41, 5.74) is 2.83. The Morgan fingerprint density at radius 1 is 1.16 bits per heavy atom. The molecule has 3 heterocycles. The second-order valence-electron chi connectivity index (χ2n) is 8.73. The predicted molar refractivity (Wildman–Crippen MR) is 130 cm³/mol. The fraction of sp³-hybridized carbons (Fsp3) is 0.440. The highest BCUT2D eigenvalue weighted by Gasteiger charge is 2.30. The number of benzene rings is 1. The summed E-state index contributed by atoms with van der Waals surface area (Å²) in [4.78, 5) is 20.5. The summed E-state index contributed by atoms with van der Waals surface area (Å²) < 4.78 is 5.99. The van der Waals surface area contributed by atoms with Crippen molar-refractivity contribution in [2.75, 3.05) is 38.6 Å². The van der Waals surface area contributed by atoms with Gasteiger partial charge < -0.3 is 19.2 Å². The molecule has 1 amide bonds. The third-order valence-corrected chi connectivity index (χ3v) is 6.92. The number of hydrogen-bond donors (Lipinski definition) is 0. The lowest BCUT2D eigenvalue weighted by atomic mass is 10.0. The molecule has 32 heavy (non-hydrogen) atoms. The van der Waals surface area contributed by atoms with Gasteiger partial charge in [0, 0.05) is 31.2 Å². The molecule has 1 aliphatic rings. The van der Waals surface area contributed by atoms with Crippen LogP contribution in [0.2, 0.25) is 0 Å². The van der Waals surface area contributed by atoms with Crippen molar-refractivity contribution >= 4 is 23.1 Å². The zero-order chi connectivity index (χ0) is 22.5. The van der Waals surface area contributed by atoms with Gasteiger partial charge in [-0.1, -0.05) is 41.6 Å². The third-order valence-electron chi connectivity index (χ3n) is 6.06. The monoisotopic (exact) mass is 452 g/mol. The van der Waals surface area contributed by atoms with E-state index < -0.39 is 0 Å². The van der Waals surface area contributed by atoms with E-state index in [1.165, 1.54) is 17.8 Å². The van der Waals surface area contributed by atoms with E-state index in [9.17, 15) is 4.79 Å². The van der Waals surface area contributed by atoms with E-state index in [4.69, 9.17) is 4.52 Å². The number of anilines is 1. The molecule has 4 rings (SSSR count). The van der Waals surface area contributed by atoms with E-state index in [0.717, 1.165) is 53.5 Å². The number of likely N-dealkylation sites (N-methyl/N-ethyl adjacent to an activating group) is 1. The van der Waals surface area contributed by atoms with Crippen LogP contribution in [0.15, 0.2) is 52.4 Å². The lowest BCUT2D eigenvalue weighted by Gasteiger charge is -2.34. The smallest absolute Gasteiger partial charge is 0.264 e. The van der Waals surface area contributed by atoms with Crippen molar-refractivity contribution in [2.45, 2.75) is 38.8 Å². The van der Waals surface area contributed by atoms with Gasteiger partial charge in [0.2, 0.25) is 5.88 Å². The molecule has 0 radical (unpaired) electrons. The van der Waals surface area contributed by atoms with Crippen LogP contribution in [-0.2, 0) is 6.54 Å². The number of aromatic nitrogens is 1. The van der Waals surface area contributed by atoms with Crippen molar-refractivity contribution in [1.29, 1.82) is 0 Å². The van der Waals surface area contributed by atoms with E-state index in [1.54, 1.807) is 0 Å². The van der Waals surface area contributed by atoms with E-state index >= 15 is 0 Å². The van der Waals surface area contributed by atoms with Crippen LogP contribution in [-0.4, -0.2) is 60.6 Å². The van der Waals surface area contributed by atoms with Crippen molar-refractivity contribution in [3.05, 3.63) is 58.3 Å². The zero-order valence-corrected chi connectivity index (χ0v) is 20.0. The van der Waals surface area contributed by atoms with E-state index in [1.807, 2.05) is 54.7 Å². The molecular formula is C25H32N4O2S. The number of amides is 1. The highest BCUT2D eigenvalue weighted by atomic mass is 32.1. The first kappa shape index (κ1) is 22.6. The largest absolute Gasteiger partial charge is 0.338 e. The Balaban J connectivity index is 1.72. The Hall–Kier alpha value is -2.64. The van der Waals surface area contributed by atoms with Crippen LogP contribution in [0, 0.1) is 0 Å². The van der Waals surface area contributed by atoms with Crippen molar-refractivity contribution in [1.82, 2.24) is 15.0 Å². The minimum atomic E-state index is 0.0553. The first-order valence-corrected chi connectivity index (χ1v) is 12.2. The molecule has 1 saturated heterocycles. The Labute approximate surface area is 194 Å². The highest BCUT2D eigenvalue weighted by Crippen LogP contribution is 2.35. The van der Waals surface area contributed by atoms with Crippen LogP contribution in [0.5, 0.6) is 0 Å². The molecule has 2 aromatic heterocycles. The summed E-state index contributed by atoms with van der Waals surface area (Å²) in [7, 11) is 4.06. The normalized spacial score (nSPS) is 16.5. The van der Waals surface area contributed by atoms with Crippen LogP contribution < -0.4 is 4.90 Å². The summed E-state index contributed by atoms with van der Waals surface area (Å²) in [6.45, 7) is 5.09. The fourth-order valence-electron chi connectivity index (χ4n) is 4.21. The Kier molecular flexibility index (Phi) is 7.27. The molecule has 0 bridgehead atoms. The molecule has 0 saturated carbocycles. The number of carbonyl (C=O) groups is 1. The van der Waals surface area contributed by atoms with E-state index in [-0.39, 0.29) is 5.91 Å². The molecular weight excluding hydrogens is 420 g/mol. The predicted octanol–water partition coefficient (Wildman–Crippen LogP) is 4.99. The molecule has 0 N–H and O–H groups in total. The minimum Gasteiger partial charge on any atom is -0.338 e. The average Bonchev–Trinajstić information content (AvgIpc) is 3.47. The van der Waals surface area contributed by atoms with Gasteiger partial charge in [-0.25, -0.2) is 0 Å². The van der Waals surface area contributed by atoms with Gasteiger partial charge in [-0.05, 0) is 51.7 Å². The SMILES string of the molecule is C[C@H]1CCCCN1c1onc(-c2ccccc2)c1CN(CCN(C)C)C(=O)c1cccs1. The molecule has 1 atom stereocenters. The lowest BCUT2D eigenvalue weighted by molar-refractivity contribution is 0.0737. The molecule has 3 aromatic rings. The Morgan fingerprint density at radius 2 is 1.97 bits per heavy atom. The van der Waals surface area contributed by atoms with Gasteiger partial charge in [0.05, 0.1) is 17.0 Å². The van der Waals surface area contributed by atoms with Gasteiger partial charge in [0.15, 0.2) is 0 Å². The number of nitrogens with zero attached hydrogens (tertiary/aromatic N) is 4. The molecule has 0 spiro atoms. The number of thiophene rings is 1. The summed E-state index contributed by atoms with van der Waals surface area (Å²) in [6, 6.07) is 14.3. The molecule has 1 aromatic carbocycles. The molecule has 0 unspecified atom stereocenters. The fourth-order valence-corrected chi connectivity index (χ4v) is 4.90. The summed E-state index contributed by atoms with van der Waals surface area (Å²) in [6.07, 6.45) is 3.52. The third kappa shape index (κ3) is 5.05. The number of piperidine rings is 1. The van der Waals surface area contributed by atoms with Gasteiger partial charge in [-0.3, -0.25) is 4.79 Å². The molecule has 1 aliphatic heterocycles. The molecule has 1 fully saturated rings. The Morgan fingerprint density at radius 3 is 2.66 bits per heavy atom. The van der Waals surface area contributed by atoms with Crippen LogP contribution in [0.25, 0.3) is 11.3 Å². The summed E-state index contributed by atoms with van der Waals surface area (Å²) in [5, 5.41) is 6.46. The van der Waals surface area contributed by atoms with Gasteiger partial charge >= 0.3 is 0 Å². The van der Waals surface area contributed by atoms with Crippen molar-refractivity contribution in [2.24, 2.45) is 0 Å². The first-order chi connectivity index (χ1) is 15.5. The van der Waals surface area contributed by atoms with Crippen LogP contribution in [0.1, 0.15) is 41.4 Å². The second-order valence-corrected chi connectivity index (χ2v) is 9.67. The van der Waals surface area contributed by atoms with Gasteiger partial charge in [-0.15, -0.1) is 11.3 Å². The van der Waals surface area contributed by atoms with E-state index in [2.05, 4.69) is 34.0 Å². The summed E-state index contributed by atoms with van der Waals surface area (Å²) in [5.74, 6) is 0.865. The maximum atomic E-state index is 13.4. The number of hydrogen-bond acceptors (Lipinski definition) is 6. The Bertz CT molecular complexity index is 1000. The van der Waals surface area contributed by atoms with Crippen molar-refractivity contribution in [3.8, 4) is 11.3 Å². The lowest BCUT2D eigenvalue weighted by Crippen LogP contribution is -2.39. The van der Waals surface area contributed by atoms with Gasteiger partial charge in [-0.2, -0.15) is 0 Å². The van der Waals surface area contributed by atoms with Crippen LogP contribution >= 0.6 is 11.3 Å². The topological polar surface area (TPSA) is 52.8 Å². The van der Waals surface area contributed by atoms with Gasteiger partial charge in [0.25, 0.3) is 5.91 Å². The first-order valence-electron chi connectivity index (χ1n) is 11.3. The standard InChI is InChI=1S/C25H32N4O2S/c1-19-10-7-8-14-29(19)25-21(23(26-31-25)20-11-5-4-6-12-20)18-28(16-15-27(2)3)24(30)22-13-9-17-32-22/h4-6,9,11-13,17,19H,7-8,10,14-16,18H2,1-3H3/t19-/m0/s1. The average molecular weight is 453 g/mol. The molecule has 7 heteroatoms. The maximum absolute atomic E-state index is 13.4. The van der Waals surface area contributed by atoms with Crippen LogP contribution in [0.4, 0.5) is 5.88 Å².